The normalized spacial score (nSPS) is 10.5. The van der Waals surface area contributed by atoms with E-state index in [4.69, 9.17) is 39.5 Å². The number of hydrogen-bond acceptors (Lipinski definition) is 3. The zero-order valence-corrected chi connectivity index (χ0v) is 15.4. The molecule has 1 aromatic carbocycles. The van der Waals surface area contributed by atoms with E-state index in [1.54, 1.807) is 41.4 Å². The largest absolute Gasteiger partial charge is 0.489 e. The maximum atomic E-state index is 12.5. The molecule has 24 heavy (non-hydrogen) atoms. The Balaban J connectivity index is 2.01. The van der Waals surface area contributed by atoms with Crippen LogP contribution in [-0.4, -0.2) is 35.5 Å². The van der Waals surface area contributed by atoms with Crippen molar-refractivity contribution in [2.45, 2.75) is 13.3 Å². The van der Waals surface area contributed by atoms with Crippen molar-refractivity contribution in [1.82, 2.24) is 9.88 Å². The van der Waals surface area contributed by atoms with Gasteiger partial charge in [-0.2, -0.15) is 0 Å². The minimum Gasteiger partial charge on any atom is -0.489 e. The highest BCUT2D eigenvalue weighted by Crippen LogP contribution is 2.35. The Morgan fingerprint density at radius 1 is 1.17 bits per heavy atom. The smallest absolute Gasteiger partial charge is 0.272 e. The van der Waals surface area contributed by atoms with Crippen LogP contribution in [-0.2, 0) is 0 Å². The molecule has 0 N–H and O–H groups in total. The van der Waals surface area contributed by atoms with Gasteiger partial charge < -0.3 is 9.64 Å². The number of pyridine rings is 1. The lowest BCUT2D eigenvalue weighted by atomic mass is 10.3. The molecule has 128 valence electrons. The third kappa shape index (κ3) is 5.00. The second-order valence-corrected chi connectivity index (χ2v) is 6.31. The third-order valence-electron chi connectivity index (χ3n) is 3.24. The summed E-state index contributed by atoms with van der Waals surface area (Å²) in [6.07, 6.45) is 2.43. The molecule has 2 aromatic rings. The fourth-order valence-corrected chi connectivity index (χ4v) is 3.09. The van der Waals surface area contributed by atoms with Gasteiger partial charge in [0.25, 0.3) is 5.91 Å². The Hall–Kier alpha value is -1.49. The molecule has 1 heterocycles. The van der Waals surface area contributed by atoms with Gasteiger partial charge in [0.1, 0.15) is 12.3 Å². The van der Waals surface area contributed by atoms with Crippen molar-refractivity contribution in [3.63, 3.8) is 0 Å². The van der Waals surface area contributed by atoms with E-state index in [-0.39, 0.29) is 12.5 Å². The second kappa shape index (κ2) is 9.11. The second-order valence-electron chi connectivity index (χ2n) is 5.05. The molecule has 0 atom stereocenters. The third-order valence-corrected chi connectivity index (χ3v) is 4.02. The van der Waals surface area contributed by atoms with Crippen LogP contribution in [0.3, 0.4) is 0 Å². The number of ether oxygens (including phenoxy) is 1. The summed E-state index contributed by atoms with van der Waals surface area (Å²) >= 11 is 18.0. The molecule has 0 aliphatic rings. The fraction of sp³-hybridized carbons (Fsp3) is 0.294. The van der Waals surface area contributed by atoms with Gasteiger partial charge in [0.05, 0.1) is 16.6 Å². The number of carbonyl (C=O) groups is 1. The minimum atomic E-state index is -0.130. The lowest BCUT2D eigenvalue weighted by Gasteiger charge is -2.22. The molecule has 0 aliphatic heterocycles. The summed E-state index contributed by atoms with van der Waals surface area (Å²) in [7, 11) is 0. The summed E-state index contributed by atoms with van der Waals surface area (Å²) in [5, 5.41) is 1.12. The number of amides is 1. The topological polar surface area (TPSA) is 42.4 Å². The van der Waals surface area contributed by atoms with Crippen molar-refractivity contribution in [2.24, 2.45) is 0 Å². The van der Waals surface area contributed by atoms with E-state index in [1.807, 2.05) is 6.92 Å². The molecular formula is C17H17Cl3N2O2. The van der Waals surface area contributed by atoms with E-state index >= 15 is 0 Å². The van der Waals surface area contributed by atoms with Gasteiger partial charge in [-0.1, -0.05) is 47.8 Å². The first kappa shape index (κ1) is 18.8. The summed E-state index contributed by atoms with van der Waals surface area (Å²) in [5.41, 5.74) is 0.411. The Morgan fingerprint density at radius 3 is 2.46 bits per heavy atom. The van der Waals surface area contributed by atoms with E-state index in [0.717, 1.165) is 6.42 Å². The molecule has 0 spiro atoms. The molecular weight excluding hydrogens is 371 g/mol. The highest BCUT2D eigenvalue weighted by Gasteiger charge is 2.17. The van der Waals surface area contributed by atoms with Gasteiger partial charge in [0, 0.05) is 17.8 Å². The molecule has 7 heteroatoms. The highest BCUT2D eigenvalue weighted by atomic mass is 35.5. The first-order chi connectivity index (χ1) is 11.5. The molecule has 4 nitrogen and oxygen atoms in total. The average Bonchev–Trinajstić information content (AvgIpc) is 2.56. The van der Waals surface area contributed by atoms with Crippen LogP contribution in [0.5, 0.6) is 5.75 Å². The molecule has 0 fully saturated rings. The van der Waals surface area contributed by atoms with Gasteiger partial charge >= 0.3 is 0 Å². The molecule has 1 aromatic heterocycles. The van der Waals surface area contributed by atoms with Crippen LogP contribution in [0.4, 0.5) is 0 Å². The molecule has 0 radical (unpaired) electrons. The van der Waals surface area contributed by atoms with Crippen LogP contribution >= 0.6 is 34.8 Å². The lowest BCUT2D eigenvalue weighted by molar-refractivity contribution is 0.0724. The van der Waals surface area contributed by atoms with Crippen LogP contribution in [0.15, 0.2) is 36.5 Å². The SMILES string of the molecule is CCCN(CCOc1c(Cl)cc(Cl)cc1Cl)C(=O)c1ccccn1. The van der Waals surface area contributed by atoms with E-state index in [0.29, 0.717) is 39.6 Å². The first-order valence-electron chi connectivity index (χ1n) is 7.50. The number of benzene rings is 1. The molecule has 0 saturated heterocycles. The summed E-state index contributed by atoms with van der Waals surface area (Å²) in [4.78, 5) is 18.3. The number of aromatic nitrogens is 1. The monoisotopic (exact) mass is 386 g/mol. The van der Waals surface area contributed by atoms with Crippen LogP contribution in [0, 0.1) is 0 Å². The number of nitrogens with zero attached hydrogens (tertiary/aromatic N) is 2. The minimum absolute atomic E-state index is 0.130. The van der Waals surface area contributed by atoms with Gasteiger partial charge in [0.15, 0.2) is 5.75 Å². The molecule has 0 aliphatic carbocycles. The van der Waals surface area contributed by atoms with Crippen molar-refractivity contribution in [2.75, 3.05) is 19.7 Å². The maximum Gasteiger partial charge on any atom is 0.272 e. The highest BCUT2D eigenvalue weighted by molar-refractivity contribution is 6.40. The van der Waals surface area contributed by atoms with Gasteiger partial charge in [-0.3, -0.25) is 9.78 Å². The Kier molecular flexibility index (Phi) is 7.16. The standard InChI is InChI=1S/C17H17Cl3N2O2/c1-2-7-22(17(23)15-5-3-4-6-21-15)8-9-24-16-13(19)10-12(18)11-14(16)20/h3-6,10-11H,2,7-9H2,1H3. The molecule has 0 unspecified atom stereocenters. The number of hydrogen-bond donors (Lipinski definition) is 0. The summed E-state index contributed by atoms with van der Waals surface area (Å²) in [5.74, 6) is 0.235. The zero-order valence-electron chi connectivity index (χ0n) is 13.1. The Labute approximate surface area is 156 Å². The van der Waals surface area contributed by atoms with Crippen molar-refractivity contribution < 1.29 is 9.53 Å². The van der Waals surface area contributed by atoms with E-state index < -0.39 is 0 Å². The fourth-order valence-electron chi connectivity index (χ4n) is 2.16. The number of carbonyl (C=O) groups excluding carboxylic acids is 1. The number of rotatable bonds is 7. The van der Waals surface area contributed by atoms with E-state index in [1.165, 1.54) is 0 Å². The Bertz CT molecular complexity index is 672. The van der Waals surface area contributed by atoms with Crippen LogP contribution in [0.25, 0.3) is 0 Å². The van der Waals surface area contributed by atoms with Crippen molar-refractivity contribution in [3.8, 4) is 5.75 Å². The summed E-state index contributed by atoms with van der Waals surface area (Å²) in [6, 6.07) is 8.38. The molecule has 0 saturated carbocycles. The number of halogens is 3. The van der Waals surface area contributed by atoms with Gasteiger partial charge in [-0.15, -0.1) is 0 Å². The van der Waals surface area contributed by atoms with E-state index in [9.17, 15) is 4.79 Å². The molecule has 2 rings (SSSR count). The zero-order chi connectivity index (χ0) is 17.5. The summed E-state index contributed by atoms with van der Waals surface area (Å²) in [6.45, 7) is 3.28. The predicted octanol–water partition coefficient (Wildman–Crippen LogP) is 4.97. The predicted molar refractivity (Wildman–Crippen MR) is 97.4 cm³/mol. The van der Waals surface area contributed by atoms with Gasteiger partial charge in [-0.05, 0) is 30.7 Å². The van der Waals surface area contributed by atoms with Crippen molar-refractivity contribution in [3.05, 3.63) is 57.3 Å². The van der Waals surface area contributed by atoms with Crippen LogP contribution in [0.2, 0.25) is 15.1 Å². The van der Waals surface area contributed by atoms with Gasteiger partial charge in [0.2, 0.25) is 0 Å². The van der Waals surface area contributed by atoms with Crippen LogP contribution < -0.4 is 4.74 Å². The van der Waals surface area contributed by atoms with Crippen LogP contribution in [0.1, 0.15) is 23.8 Å². The maximum absolute atomic E-state index is 12.5. The quantitative estimate of drug-likeness (QED) is 0.673. The molecule has 0 bridgehead atoms. The van der Waals surface area contributed by atoms with Crippen molar-refractivity contribution >= 4 is 40.7 Å². The lowest BCUT2D eigenvalue weighted by Crippen LogP contribution is -2.35. The summed E-state index contributed by atoms with van der Waals surface area (Å²) < 4.78 is 5.65. The van der Waals surface area contributed by atoms with Gasteiger partial charge in [-0.25, -0.2) is 0 Å². The average molecular weight is 388 g/mol. The van der Waals surface area contributed by atoms with Crippen molar-refractivity contribution in [1.29, 1.82) is 0 Å². The van der Waals surface area contributed by atoms with E-state index in [2.05, 4.69) is 4.98 Å². The Morgan fingerprint density at radius 2 is 1.88 bits per heavy atom. The molecule has 1 amide bonds. The first-order valence-corrected chi connectivity index (χ1v) is 8.64.